The van der Waals surface area contributed by atoms with Crippen molar-refractivity contribution in [3.05, 3.63) is 41.1 Å². The predicted octanol–water partition coefficient (Wildman–Crippen LogP) is 2.17. The van der Waals surface area contributed by atoms with E-state index in [-0.39, 0.29) is 5.92 Å². The van der Waals surface area contributed by atoms with Crippen molar-refractivity contribution in [1.29, 1.82) is 0 Å². The van der Waals surface area contributed by atoms with Crippen LogP contribution in [0.4, 0.5) is 0 Å². The van der Waals surface area contributed by atoms with Crippen LogP contribution in [-0.2, 0) is 25.8 Å². The molecule has 3 heterocycles. The van der Waals surface area contributed by atoms with E-state index in [2.05, 4.69) is 39.5 Å². The summed E-state index contributed by atoms with van der Waals surface area (Å²) < 4.78 is 12.4. The Morgan fingerprint density at radius 1 is 1.33 bits per heavy atom. The van der Waals surface area contributed by atoms with Crippen LogP contribution in [-0.4, -0.2) is 30.3 Å². The molecule has 1 unspecified atom stereocenters. The van der Waals surface area contributed by atoms with Crippen LogP contribution in [0.3, 0.4) is 0 Å². The molecule has 4 rings (SSSR count). The highest BCUT2D eigenvalue weighted by Gasteiger charge is 2.29. The average molecular weight is 328 g/mol. The highest BCUT2D eigenvalue weighted by atomic mass is 16.5. The summed E-state index contributed by atoms with van der Waals surface area (Å²) in [5.74, 6) is 2.09. The summed E-state index contributed by atoms with van der Waals surface area (Å²) in [6.45, 7) is 5.25. The Morgan fingerprint density at radius 2 is 2.25 bits per heavy atom. The van der Waals surface area contributed by atoms with Gasteiger partial charge < -0.3 is 9.05 Å². The summed E-state index contributed by atoms with van der Waals surface area (Å²) in [6, 6.07) is 1.80. The fourth-order valence-corrected chi connectivity index (χ4v) is 3.13. The van der Waals surface area contributed by atoms with Crippen molar-refractivity contribution < 1.29 is 9.05 Å². The smallest absolute Gasteiger partial charge is 0.230 e. The average Bonchev–Trinajstić information content (AvgIpc) is 3.29. The fraction of sp³-hybridized carbons (Fsp3) is 0.562. The lowest BCUT2D eigenvalue weighted by molar-refractivity contribution is 0.333. The molecule has 0 fully saturated rings. The molecule has 0 saturated carbocycles. The van der Waals surface area contributed by atoms with Crippen molar-refractivity contribution in [2.24, 2.45) is 5.92 Å². The van der Waals surface area contributed by atoms with Gasteiger partial charge in [0.05, 0.1) is 23.5 Å². The first-order chi connectivity index (χ1) is 11.7. The minimum atomic E-state index is 0.223. The number of fused-ring (bicyclic) bond motifs is 1. The van der Waals surface area contributed by atoms with Gasteiger partial charge in [0.25, 0.3) is 0 Å². The summed E-state index contributed by atoms with van der Waals surface area (Å²) in [5, 5.41) is 16.6. The van der Waals surface area contributed by atoms with E-state index in [1.807, 2.05) is 4.68 Å². The second-order valence-corrected chi connectivity index (χ2v) is 6.71. The molecule has 0 amide bonds. The number of nitrogens with zero attached hydrogens (tertiary/aromatic N) is 6. The van der Waals surface area contributed by atoms with Crippen molar-refractivity contribution in [3.8, 4) is 0 Å². The molecule has 0 aromatic carbocycles. The van der Waals surface area contributed by atoms with Crippen LogP contribution in [0.5, 0.6) is 0 Å². The molecule has 3 aromatic rings. The molecule has 8 heteroatoms. The zero-order chi connectivity index (χ0) is 16.5. The minimum Gasteiger partial charge on any atom is -0.364 e. The van der Waals surface area contributed by atoms with Gasteiger partial charge >= 0.3 is 0 Å². The first kappa shape index (κ1) is 15.0. The van der Waals surface area contributed by atoms with Crippen LogP contribution in [0.2, 0.25) is 0 Å². The molecule has 0 radical (unpaired) electrons. The second kappa shape index (κ2) is 6.18. The van der Waals surface area contributed by atoms with Gasteiger partial charge in [-0.05, 0) is 18.8 Å². The Labute approximate surface area is 139 Å². The highest BCUT2D eigenvalue weighted by Crippen LogP contribution is 2.31. The van der Waals surface area contributed by atoms with Gasteiger partial charge in [-0.3, -0.25) is 0 Å². The van der Waals surface area contributed by atoms with Gasteiger partial charge in [0, 0.05) is 24.9 Å². The molecule has 0 bridgehead atoms. The van der Waals surface area contributed by atoms with Crippen LogP contribution in [0.25, 0.3) is 0 Å². The van der Waals surface area contributed by atoms with Gasteiger partial charge in [-0.2, -0.15) is 4.98 Å². The lowest BCUT2D eigenvalue weighted by atomic mass is 9.89. The van der Waals surface area contributed by atoms with E-state index in [0.29, 0.717) is 24.1 Å². The van der Waals surface area contributed by atoms with E-state index in [1.54, 1.807) is 12.3 Å². The number of aryl methyl sites for hydroxylation is 1. The summed E-state index contributed by atoms with van der Waals surface area (Å²) in [6.07, 6.45) is 4.77. The molecule has 0 N–H and O–H groups in total. The number of rotatable bonds is 5. The molecule has 3 aromatic heterocycles. The lowest BCUT2D eigenvalue weighted by Gasteiger charge is -2.19. The molecule has 1 aliphatic carbocycles. The first-order valence-electron chi connectivity index (χ1n) is 8.32. The number of hydrogen-bond donors (Lipinski definition) is 0. The molecule has 0 saturated heterocycles. The number of hydrogen-bond acceptors (Lipinski definition) is 7. The van der Waals surface area contributed by atoms with Crippen molar-refractivity contribution in [1.82, 2.24) is 30.3 Å². The third kappa shape index (κ3) is 2.95. The monoisotopic (exact) mass is 328 g/mol. The quantitative estimate of drug-likeness (QED) is 0.708. The van der Waals surface area contributed by atoms with Crippen LogP contribution in [0, 0.1) is 5.92 Å². The van der Waals surface area contributed by atoms with E-state index < -0.39 is 0 Å². The van der Waals surface area contributed by atoms with E-state index in [9.17, 15) is 0 Å². The van der Waals surface area contributed by atoms with E-state index in [1.165, 1.54) is 5.69 Å². The van der Waals surface area contributed by atoms with Gasteiger partial charge in [-0.1, -0.05) is 29.4 Å². The Bertz CT molecular complexity index is 805. The SMILES string of the molecule is CC(C)Cn1nnc2c1CC(c1nc(Cc3ccon3)no1)CC2. The highest BCUT2D eigenvalue weighted by molar-refractivity contribution is 5.19. The zero-order valence-electron chi connectivity index (χ0n) is 13.8. The van der Waals surface area contributed by atoms with Crippen molar-refractivity contribution in [2.45, 2.75) is 52.0 Å². The first-order valence-corrected chi connectivity index (χ1v) is 8.32. The van der Waals surface area contributed by atoms with Crippen LogP contribution in [0.1, 0.15) is 55.0 Å². The Hall–Kier alpha value is -2.51. The molecular formula is C16H20N6O2. The van der Waals surface area contributed by atoms with Crippen LogP contribution in [0.15, 0.2) is 21.4 Å². The van der Waals surface area contributed by atoms with Gasteiger partial charge in [0.2, 0.25) is 5.89 Å². The zero-order valence-corrected chi connectivity index (χ0v) is 13.8. The second-order valence-electron chi connectivity index (χ2n) is 6.71. The molecule has 126 valence electrons. The maximum Gasteiger partial charge on any atom is 0.230 e. The van der Waals surface area contributed by atoms with Gasteiger partial charge in [-0.15, -0.1) is 5.10 Å². The Balaban J connectivity index is 1.50. The molecule has 1 atom stereocenters. The maximum absolute atomic E-state index is 5.50. The third-order valence-corrected chi connectivity index (χ3v) is 4.29. The molecule has 0 aliphatic heterocycles. The summed E-state index contributed by atoms with van der Waals surface area (Å²) in [7, 11) is 0. The normalized spacial score (nSPS) is 17.4. The summed E-state index contributed by atoms with van der Waals surface area (Å²) >= 11 is 0. The van der Waals surface area contributed by atoms with Gasteiger partial charge in [0.1, 0.15) is 6.26 Å². The minimum absolute atomic E-state index is 0.223. The van der Waals surface area contributed by atoms with E-state index in [4.69, 9.17) is 9.05 Å². The summed E-state index contributed by atoms with van der Waals surface area (Å²) in [4.78, 5) is 4.55. The van der Waals surface area contributed by atoms with Gasteiger partial charge in [-0.25, -0.2) is 4.68 Å². The Kier molecular flexibility index (Phi) is 3.87. The molecule has 8 nitrogen and oxygen atoms in total. The van der Waals surface area contributed by atoms with Gasteiger partial charge in [0.15, 0.2) is 5.82 Å². The third-order valence-electron chi connectivity index (χ3n) is 4.29. The van der Waals surface area contributed by atoms with Crippen LogP contribution >= 0.6 is 0 Å². The molecular weight excluding hydrogens is 308 g/mol. The van der Waals surface area contributed by atoms with Crippen LogP contribution < -0.4 is 0 Å². The fourth-order valence-electron chi connectivity index (χ4n) is 3.13. The lowest BCUT2D eigenvalue weighted by Crippen LogP contribution is -2.18. The topological polar surface area (TPSA) is 95.7 Å². The standard InChI is InChI=1S/C16H20N6O2/c1-10(2)9-22-14-7-11(3-4-13(14)18-21-22)16-17-15(20-24-16)8-12-5-6-23-19-12/h5-6,10-11H,3-4,7-9H2,1-2H3. The number of aromatic nitrogens is 6. The predicted molar refractivity (Wildman–Crippen MR) is 83.2 cm³/mol. The van der Waals surface area contributed by atoms with Crippen molar-refractivity contribution in [3.63, 3.8) is 0 Å². The van der Waals surface area contributed by atoms with Crippen molar-refractivity contribution in [2.75, 3.05) is 0 Å². The van der Waals surface area contributed by atoms with E-state index >= 15 is 0 Å². The van der Waals surface area contributed by atoms with Crippen molar-refractivity contribution >= 4 is 0 Å². The van der Waals surface area contributed by atoms with E-state index in [0.717, 1.165) is 37.2 Å². The molecule has 24 heavy (non-hydrogen) atoms. The molecule has 1 aliphatic rings. The maximum atomic E-state index is 5.50. The molecule has 0 spiro atoms. The largest absolute Gasteiger partial charge is 0.364 e. The Morgan fingerprint density at radius 3 is 3.04 bits per heavy atom. The summed E-state index contributed by atoms with van der Waals surface area (Å²) in [5.41, 5.74) is 3.11.